The largest absolute Gasteiger partial charge is 0.469 e. The molecule has 0 aliphatic heterocycles. The average Bonchev–Trinajstić information content (AvgIpc) is 3.35. The number of amides is 1. The molecular weight excluding hydrogens is 334 g/mol. The van der Waals surface area contributed by atoms with Gasteiger partial charge in [-0.15, -0.1) is 0 Å². The van der Waals surface area contributed by atoms with E-state index >= 15 is 0 Å². The van der Waals surface area contributed by atoms with Gasteiger partial charge in [0.1, 0.15) is 5.76 Å². The third-order valence-corrected chi connectivity index (χ3v) is 6.39. The lowest BCUT2D eigenvalue weighted by atomic mass is 9.81. The van der Waals surface area contributed by atoms with Crippen LogP contribution in [-0.4, -0.2) is 11.9 Å². The highest BCUT2D eigenvalue weighted by Gasteiger charge is 2.28. The van der Waals surface area contributed by atoms with Gasteiger partial charge in [-0.2, -0.15) is 0 Å². The van der Waals surface area contributed by atoms with Crippen LogP contribution < -0.4 is 5.32 Å². The van der Waals surface area contributed by atoms with Crippen molar-refractivity contribution in [3.8, 4) is 0 Å². The van der Waals surface area contributed by atoms with E-state index in [1.54, 1.807) is 6.26 Å². The molecule has 0 spiro atoms. The lowest BCUT2D eigenvalue weighted by Crippen LogP contribution is -2.43. The molecule has 2 atom stereocenters. The number of carbonyl (C=O) groups is 1. The number of aryl methyl sites for hydroxylation is 2. The van der Waals surface area contributed by atoms with E-state index in [-0.39, 0.29) is 11.9 Å². The van der Waals surface area contributed by atoms with Crippen LogP contribution in [0.15, 0.2) is 53.1 Å². The highest BCUT2D eigenvalue weighted by Crippen LogP contribution is 2.33. The fraction of sp³-hybridized carbons (Fsp3) is 0.375. The summed E-state index contributed by atoms with van der Waals surface area (Å²) in [4.78, 5) is 13.2. The summed E-state index contributed by atoms with van der Waals surface area (Å²) in [6.07, 6.45) is 9.44. The molecule has 0 bridgehead atoms. The minimum absolute atomic E-state index is 0.0712. The van der Waals surface area contributed by atoms with Gasteiger partial charge >= 0.3 is 0 Å². The van der Waals surface area contributed by atoms with Gasteiger partial charge in [-0.05, 0) is 71.7 Å². The van der Waals surface area contributed by atoms with Gasteiger partial charge in [0.05, 0.1) is 6.26 Å². The highest BCUT2D eigenvalue weighted by molar-refractivity contribution is 6.09. The third-order valence-electron chi connectivity index (χ3n) is 6.39. The molecule has 3 nitrogen and oxygen atoms in total. The molecule has 138 valence electrons. The molecule has 1 fully saturated rings. The van der Waals surface area contributed by atoms with Crippen molar-refractivity contribution in [2.24, 2.45) is 5.92 Å². The number of carbonyl (C=O) groups excluding carboxylic acids is 1. The summed E-state index contributed by atoms with van der Waals surface area (Å²) in [6.45, 7) is 0. The Morgan fingerprint density at radius 1 is 1.00 bits per heavy atom. The molecule has 3 aromatic rings. The zero-order chi connectivity index (χ0) is 18.2. The van der Waals surface area contributed by atoms with Gasteiger partial charge < -0.3 is 9.73 Å². The molecule has 1 amide bonds. The molecule has 5 rings (SSSR count). The molecule has 0 unspecified atom stereocenters. The lowest BCUT2D eigenvalue weighted by molar-refractivity contribution is 0.0905. The Kier molecular flexibility index (Phi) is 4.23. The van der Waals surface area contributed by atoms with Crippen molar-refractivity contribution < 1.29 is 9.21 Å². The predicted molar refractivity (Wildman–Crippen MR) is 107 cm³/mol. The molecule has 3 heteroatoms. The Morgan fingerprint density at radius 3 is 2.70 bits per heavy atom. The van der Waals surface area contributed by atoms with E-state index in [2.05, 4.69) is 29.6 Å². The van der Waals surface area contributed by atoms with Gasteiger partial charge in [-0.25, -0.2) is 0 Å². The zero-order valence-electron chi connectivity index (χ0n) is 15.5. The van der Waals surface area contributed by atoms with Crippen LogP contribution in [0.5, 0.6) is 0 Å². The molecule has 0 saturated heterocycles. The summed E-state index contributed by atoms with van der Waals surface area (Å²) in [7, 11) is 0. The van der Waals surface area contributed by atoms with E-state index < -0.39 is 0 Å². The standard InChI is InChI=1S/C24H25NO2/c26-24(21-13-12-17-11-10-16-6-3-8-20(21)23(16)17)25-22-9-2-1-5-18(22)15-19-7-4-14-27-19/h3-4,6-8,12-14,18,22H,1-2,5,9-11,15H2,(H,25,26)/t18-,22-/m0/s1. The van der Waals surface area contributed by atoms with Crippen molar-refractivity contribution in [1.82, 2.24) is 5.32 Å². The average molecular weight is 359 g/mol. The van der Waals surface area contributed by atoms with E-state index in [0.29, 0.717) is 5.92 Å². The summed E-state index contributed by atoms with van der Waals surface area (Å²) >= 11 is 0. The van der Waals surface area contributed by atoms with Crippen LogP contribution in [0.3, 0.4) is 0 Å². The zero-order valence-corrected chi connectivity index (χ0v) is 15.5. The van der Waals surface area contributed by atoms with Crippen molar-refractivity contribution in [3.63, 3.8) is 0 Å². The quantitative estimate of drug-likeness (QED) is 0.707. The number of hydrogen-bond acceptors (Lipinski definition) is 2. The van der Waals surface area contributed by atoms with E-state index in [4.69, 9.17) is 4.42 Å². The molecule has 27 heavy (non-hydrogen) atoms. The Morgan fingerprint density at radius 2 is 1.85 bits per heavy atom. The second kappa shape index (κ2) is 6.88. The second-order valence-corrected chi connectivity index (χ2v) is 8.02. The molecule has 2 aliphatic carbocycles. The van der Waals surface area contributed by atoms with Crippen molar-refractivity contribution >= 4 is 16.7 Å². The van der Waals surface area contributed by atoms with Crippen molar-refractivity contribution in [1.29, 1.82) is 0 Å². The highest BCUT2D eigenvalue weighted by atomic mass is 16.3. The Balaban J connectivity index is 1.40. The van der Waals surface area contributed by atoms with Gasteiger partial charge in [-0.1, -0.05) is 37.1 Å². The second-order valence-electron chi connectivity index (χ2n) is 8.02. The summed E-state index contributed by atoms with van der Waals surface area (Å²) in [5.41, 5.74) is 3.58. The summed E-state index contributed by atoms with van der Waals surface area (Å²) in [5, 5.41) is 5.78. The van der Waals surface area contributed by atoms with Gasteiger partial charge in [0.15, 0.2) is 0 Å². The number of furan rings is 1. The van der Waals surface area contributed by atoms with E-state index in [0.717, 1.165) is 48.8 Å². The smallest absolute Gasteiger partial charge is 0.252 e. The number of hydrogen-bond donors (Lipinski definition) is 1. The molecular formula is C24H25NO2. The van der Waals surface area contributed by atoms with Crippen LogP contribution in [-0.2, 0) is 19.3 Å². The van der Waals surface area contributed by atoms with Crippen molar-refractivity contribution in [3.05, 3.63) is 71.2 Å². The Hall–Kier alpha value is -2.55. The van der Waals surface area contributed by atoms with Gasteiger partial charge in [0.2, 0.25) is 0 Å². The van der Waals surface area contributed by atoms with Gasteiger partial charge in [0, 0.05) is 18.0 Å². The topological polar surface area (TPSA) is 42.2 Å². The first-order valence-electron chi connectivity index (χ1n) is 10.2. The fourth-order valence-electron chi connectivity index (χ4n) is 5.02. The molecule has 1 N–H and O–H groups in total. The third kappa shape index (κ3) is 3.05. The maximum absolute atomic E-state index is 13.2. The van der Waals surface area contributed by atoms with Crippen LogP contribution in [0.1, 0.15) is 52.9 Å². The molecule has 1 saturated carbocycles. The van der Waals surface area contributed by atoms with Crippen LogP contribution >= 0.6 is 0 Å². The predicted octanol–water partition coefficient (Wildman–Crippen LogP) is 5.06. The van der Waals surface area contributed by atoms with Crippen LogP contribution in [0.2, 0.25) is 0 Å². The maximum Gasteiger partial charge on any atom is 0.252 e. The van der Waals surface area contributed by atoms with Crippen molar-refractivity contribution in [2.75, 3.05) is 0 Å². The SMILES string of the molecule is O=C(N[C@H]1CCCC[C@H]1Cc1ccco1)c1ccc2c3c(cccc13)CC2. The minimum Gasteiger partial charge on any atom is -0.469 e. The molecule has 1 aromatic heterocycles. The normalized spacial score (nSPS) is 21.5. The summed E-state index contributed by atoms with van der Waals surface area (Å²) < 4.78 is 5.55. The number of nitrogens with one attached hydrogen (secondary N) is 1. The van der Waals surface area contributed by atoms with Crippen LogP contribution in [0, 0.1) is 5.92 Å². The van der Waals surface area contributed by atoms with Crippen LogP contribution in [0.25, 0.3) is 10.8 Å². The molecule has 1 heterocycles. The van der Waals surface area contributed by atoms with Crippen molar-refractivity contribution in [2.45, 2.75) is 51.0 Å². The number of benzene rings is 2. The first kappa shape index (κ1) is 16.6. The molecule has 0 radical (unpaired) electrons. The van der Waals surface area contributed by atoms with E-state index in [1.165, 1.54) is 29.4 Å². The van der Waals surface area contributed by atoms with E-state index in [9.17, 15) is 4.79 Å². The summed E-state index contributed by atoms with van der Waals surface area (Å²) in [5.74, 6) is 1.54. The van der Waals surface area contributed by atoms with Crippen LogP contribution in [0.4, 0.5) is 0 Å². The lowest BCUT2D eigenvalue weighted by Gasteiger charge is -2.32. The Labute approximate surface area is 159 Å². The first-order valence-corrected chi connectivity index (χ1v) is 10.2. The van der Waals surface area contributed by atoms with Gasteiger partial charge in [0.25, 0.3) is 5.91 Å². The minimum atomic E-state index is 0.0712. The summed E-state index contributed by atoms with van der Waals surface area (Å²) in [6, 6.07) is 14.8. The maximum atomic E-state index is 13.2. The monoisotopic (exact) mass is 359 g/mol. The fourth-order valence-corrected chi connectivity index (χ4v) is 5.02. The van der Waals surface area contributed by atoms with E-state index in [1.807, 2.05) is 18.2 Å². The Bertz CT molecular complexity index is 963. The van der Waals surface area contributed by atoms with Gasteiger partial charge in [-0.3, -0.25) is 4.79 Å². The number of rotatable bonds is 4. The first-order chi connectivity index (χ1) is 13.3. The molecule has 2 aliphatic rings. The molecule has 2 aromatic carbocycles.